The van der Waals surface area contributed by atoms with E-state index in [1.807, 2.05) is 0 Å². The van der Waals surface area contributed by atoms with E-state index in [9.17, 15) is 9.59 Å². The van der Waals surface area contributed by atoms with Gasteiger partial charge in [-0.1, -0.05) is 11.6 Å². The number of pyridine rings is 1. The molecule has 0 radical (unpaired) electrons. The van der Waals surface area contributed by atoms with Gasteiger partial charge in [-0.05, 0) is 36.4 Å². The number of aromatic nitrogens is 1. The Labute approximate surface area is 119 Å². The predicted octanol–water partition coefficient (Wildman–Crippen LogP) is 2.28. The van der Waals surface area contributed by atoms with Crippen molar-refractivity contribution in [2.45, 2.75) is 0 Å². The average Bonchev–Trinajstić information content (AvgIpc) is 2.39. The first-order chi connectivity index (χ1) is 9.47. The molecule has 0 atom stereocenters. The van der Waals surface area contributed by atoms with Gasteiger partial charge in [0.1, 0.15) is 16.5 Å². The van der Waals surface area contributed by atoms with Crippen molar-refractivity contribution in [3.05, 3.63) is 52.7 Å². The highest BCUT2D eigenvalue weighted by Crippen LogP contribution is 2.21. The molecule has 6 nitrogen and oxygen atoms in total. The van der Waals surface area contributed by atoms with Gasteiger partial charge in [-0.25, -0.2) is 9.78 Å². The monoisotopic (exact) mass is 291 g/mol. The van der Waals surface area contributed by atoms with Crippen molar-refractivity contribution < 1.29 is 14.7 Å². The van der Waals surface area contributed by atoms with Crippen LogP contribution in [0.2, 0.25) is 5.15 Å². The summed E-state index contributed by atoms with van der Waals surface area (Å²) in [7, 11) is 0. The summed E-state index contributed by atoms with van der Waals surface area (Å²) in [5.74, 6) is -1.54. The Morgan fingerprint density at radius 2 is 1.80 bits per heavy atom. The van der Waals surface area contributed by atoms with E-state index >= 15 is 0 Å². The summed E-state index contributed by atoms with van der Waals surface area (Å²) in [5, 5.41) is 12.1. The number of carbonyl (C=O) groups is 2. The predicted molar refractivity (Wildman–Crippen MR) is 74.4 cm³/mol. The number of benzene rings is 1. The second kappa shape index (κ2) is 5.58. The number of aromatic carboxylic acids is 1. The molecule has 0 aliphatic heterocycles. The van der Waals surface area contributed by atoms with Crippen LogP contribution in [-0.2, 0) is 0 Å². The molecule has 7 heteroatoms. The lowest BCUT2D eigenvalue weighted by Crippen LogP contribution is -2.10. The second-order valence-corrected chi connectivity index (χ2v) is 4.29. The van der Waals surface area contributed by atoms with E-state index < -0.39 is 11.9 Å². The standard InChI is InChI=1S/C13H10ClN3O3/c14-10-6-5-9(13(19)20)12(17-10)16-8-3-1-7(2-4-8)11(15)18/h1-6H,(H2,15,18)(H,16,17)(H,19,20). The number of primary amides is 1. The van der Waals surface area contributed by atoms with Crippen LogP contribution in [0.15, 0.2) is 36.4 Å². The summed E-state index contributed by atoms with van der Waals surface area (Å²) in [6.45, 7) is 0. The van der Waals surface area contributed by atoms with Gasteiger partial charge in [-0.15, -0.1) is 0 Å². The molecular weight excluding hydrogens is 282 g/mol. The Kier molecular flexibility index (Phi) is 3.86. The van der Waals surface area contributed by atoms with Crippen molar-refractivity contribution in [2.24, 2.45) is 5.73 Å². The van der Waals surface area contributed by atoms with Gasteiger partial charge in [0, 0.05) is 11.3 Å². The third-order valence-corrected chi connectivity index (χ3v) is 2.73. The minimum atomic E-state index is -1.12. The first kappa shape index (κ1) is 13.8. The number of hydrogen-bond acceptors (Lipinski definition) is 4. The van der Waals surface area contributed by atoms with E-state index in [1.54, 1.807) is 12.1 Å². The second-order valence-electron chi connectivity index (χ2n) is 3.90. The highest BCUT2D eigenvalue weighted by molar-refractivity contribution is 6.29. The third-order valence-electron chi connectivity index (χ3n) is 2.52. The number of carboxylic acid groups (broad SMARTS) is 1. The molecular formula is C13H10ClN3O3. The molecule has 2 rings (SSSR count). The Hall–Kier alpha value is -2.60. The van der Waals surface area contributed by atoms with Crippen LogP contribution in [0.4, 0.5) is 11.5 Å². The number of hydrogen-bond donors (Lipinski definition) is 3. The number of carbonyl (C=O) groups excluding carboxylic acids is 1. The highest BCUT2D eigenvalue weighted by atomic mass is 35.5. The fourth-order valence-corrected chi connectivity index (χ4v) is 1.71. The molecule has 0 saturated carbocycles. The van der Waals surface area contributed by atoms with Gasteiger partial charge in [0.15, 0.2) is 0 Å². The molecule has 0 saturated heterocycles. The maximum Gasteiger partial charge on any atom is 0.339 e. The molecule has 0 spiro atoms. The Bertz CT molecular complexity index is 671. The highest BCUT2D eigenvalue weighted by Gasteiger charge is 2.12. The molecule has 0 aliphatic carbocycles. The van der Waals surface area contributed by atoms with Gasteiger partial charge in [0.2, 0.25) is 5.91 Å². The first-order valence-corrected chi connectivity index (χ1v) is 5.92. The topological polar surface area (TPSA) is 105 Å². The molecule has 0 bridgehead atoms. The minimum absolute atomic E-state index is 0.00613. The van der Waals surface area contributed by atoms with Gasteiger partial charge in [-0.2, -0.15) is 0 Å². The lowest BCUT2D eigenvalue weighted by atomic mass is 10.2. The van der Waals surface area contributed by atoms with Crippen molar-refractivity contribution in [3.8, 4) is 0 Å². The van der Waals surface area contributed by atoms with Gasteiger partial charge in [0.05, 0.1) is 0 Å². The van der Waals surface area contributed by atoms with E-state index in [4.69, 9.17) is 22.4 Å². The Morgan fingerprint density at radius 3 is 2.35 bits per heavy atom. The summed E-state index contributed by atoms with van der Waals surface area (Å²) >= 11 is 5.75. The normalized spacial score (nSPS) is 10.1. The maximum atomic E-state index is 11.1. The average molecular weight is 292 g/mol. The number of amides is 1. The molecule has 0 aliphatic rings. The van der Waals surface area contributed by atoms with Gasteiger partial charge in [-0.3, -0.25) is 4.79 Å². The van der Waals surface area contributed by atoms with Gasteiger partial charge >= 0.3 is 5.97 Å². The van der Waals surface area contributed by atoms with Crippen molar-refractivity contribution >= 4 is 35.0 Å². The molecule has 4 N–H and O–H groups in total. The molecule has 2 aromatic rings. The first-order valence-electron chi connectivity index (χ1n) is 5.54. The molecule has 102 valence electrons. The fraction of sp³-hybridized carbons (Fsp3) is 0. The molecule has 20 heavy (non-hydrogen) atoms. The quantitative estimate of drug-likeness (QED) is 0.749. The molecule has 0 fully saturated rings. The summed E-state index contributed by atoms with van der Waals surface area (Å²) in [6, 6.07) is 8.98. The smallest absolute Gasteiger partial charge is 0.339 e. The Balaban J connectivity index is 2.31. The largest absolute Gasteiger partial charge is 0.478 e. The third kappa shape index (κ3) is 3.04. The van der Waals surface area contributed by atoms with Crippen LogP contribution in [-0.4, -0.2) is 22.0 Å². The number of rotatable bonds is 4. The zero-order chi connectivity index (χ0) is 14.7. The number of anilines is 2. The molecule has 1 aromatic carbocycles. The van der Waals surface area contributed by atoms with Crippen LogP contribution in [0.3, 0.4) is 0 Å². The summed E-state index contributed by atoms with van der Waals surface area (Å²) in [5.41, 5.74) is 6.04. The van der Waals surface area contributed by atoms with E-state index in [2.05, 4.69) is 10.3 Å². The Morgan fingerprint density at radius 1 is 1.15 bits per heavy atom. The number of nitrogens with zero attached hydrogens (tertiary/aromatic N) is 1. The fourth-order valence-electron chi connectivity index (χ4n) is 1.56. The van der Waals surface area contributed by atoms with Crippen LogP contribution in [0.5, 0.6) is 0 Å². The maximum absolute atomic E-state index is 11.1. The van der Waals surface area contributed by atoms with Crippen molar-refractivity contribution in [2.75, 3.05) is 5.32 Å². The van der Waals surface area contributed by atoms with Crippen LogP contribution >= 0.6 is 11.6 Å². The van der Waals surface area contributed by atoms with Crippen LogP contribution in [0.1, 0.15) is 20.7 Å². The van der Waals surface area contributed by atoms with Crippen molar-refractivity contribution in [1.29, 1.82) is 0 Å². The molecule has 1 heterocycles. The van der Waals surface area contributed by atoms with E-state index in [1.165, 1.54) is 24.3 Å². The zero-order valence-electron chi connectivity index (χ0n) is 10.1. The summed E-state index contributed by atoms with van der Waals surface area (Å²) in [6.07, 6.45) is 0. The van der Waals surface area contributed by atoms with Gasteiger partial charge in [0.25, 0.3) is 0 Å². The lowest BCUT2D eigenvalue weighted by molar-refractivity contribution is 0.0697. The summed E-state index contributed by atoms with van der Waals surface area (Å²) < 4.78 is 0. The number of halogens is 1. The minimum Gasteiger partial charge on any atom is -0.478 e. The molecule has 1 aromatic heterocycles. The zero-order valence-corrected chi connectivity index (χ0v) is 10.9. The van der Waals surface area contributed by atoms with Crippen LogP contribution in [0, 0.1) is 0 Å². The molecule has 0 unspecified atom stereocenters. The van der Waals surface area contributed by atoms with Crippen molar-refractivity contribution in [3.63, 3.8) is 0 Å². The van der Waals surface area contributed by atoms with Gasteiger partial charge < -0.3 is 16.2 Å². The molecule has 1 amide bonds. The number of nitrogens with one attached hydrogen (secondary N) is 1. The summed E-state index contributed by atoms with van der Waals surface area (Å²) in [4.78, 5) is 26.0. The SMILES string of the molecule is NC(=O)c1ccc(Nc2nc(Cl)ccc2C(=O)O)cc1. The van der Waals surface area contributed by atoms with E-state index in [-0.39, 0.29) is 16.5 Å². The van der Waals surface area contributed by atoms with Crippen LogP contribution < -0.4 is 11.1 Å². The van der Waals surface area contributed by atoms with Crippen LogP contribution in [0.25, 0.3) is 0 Å². The lowest BCUT2D eigenvalue weighted by Gasteiger charge is -2.09. The van der Waals surface area contributed by atoms with E-state index in [0.717, 1.165) is 0 Å². The number of carboxylic acids is 1. The van der Waals surface area contributed by atoms with E-state index in [0.29, 0.717) is 11.3 Å². The van der Waals surface area contributed by atoms with Crippen molar-refractivity contribution in [1.82, 2.24) is 4.98 Å². The number of nitrogens with two attached hydrogens (primary N) is 1.